The van der Waals surface area contributed by atoms with Gasteiger partial charge in [-0.25, -0.2) is 18.9 Å². The topological polar surface area (TPSA) is 117 Å². The van der Waals surface area contributed by atoms with Crippen LogP contribution in [0.4, 0.5) is 15.9 Å². The summed E-state index contributed by atoms with van der Waals surface area (Å²) in [7, 11) is -1.28. The highest BCUT2D eigenvalue weighted by molar-refractivity contribution is 6.76. The van der Waals surface area contributed by atoms with E-state index in [0.29, 0.717) is 57.3 Å². The van der Waals surface area contributed by atoms with Crippen molar-refractivity contribution < 1.29 is 9.13 Å². The highest BCUT2D eigenvalue weighted by Crippen LogP contribution is 2.36. The third-order valence-electron chi connectivity index (χ3n) is 7.78. The van der Waals surface area contributed by atoms with Gasteiger partial charge in [-0.15, -0.1) is 0 Å². The molecule has 0 aliphatic heterocycles. The van der Waals surface area contributed by atoms with Gasteiger partial charge in [0.25, 0.3) is 5.56 Å². The molecule has 0 aliphatic rings. The van der Waals surface area contributed by atoms with Crippen LogP contribution in [0.3, 0.4) is 0 Å². The molecule has 0 fully saturated rings. The van der Waals surface area contributed by atoms with Crippen LogP contribution >= 0.6 is 0 Å². The van der Waals surface area contributed by atoms with E-state index in [-0.39, 0.29) is 12.3 Å². The fraction of sp³-hybridized carbons (Fsp3) is 0.273. The van der Waals surface area contributed by atoms with E-state index >= 15 is 0 Å². The number of nitrogens with two attached hydrogens (primary N) is 1. The molecule has 232 valence electrons. The third kappa shape index (κ3) is 6.11. The van der Waals surface area contributed by atoms with Crippen LogP contribution in [0.1, 0.15) is 24.4 Å². The third-order valence-corrected chi connectivity index (χ3v) is 9.48. The molecule has 0 radical (unpaired) electrons. The lowest BCUT2D eigenvalue weighted by Crippen LogP contribution is -2.29. The van der Waals surface area contributed by atoms with E-state index in [1.54, 1.807) is 21.3 Å². The van der Waals surface area contributed by atoms with E-state index < -0.39 is 19.9 Å². The van der Waals surface area contributed by atoms with Crippen molar-refractivity contribution in [1.29, 1.82) is 0 Å². The molecule has 4 aromatic heterocycles. The number of hydrogen-bond donors (Lipinski definition) is 2. The highest BCUT2D eigenvalue weighted by atomic mass is 28.3. The van der Waals surface area contributed by atoms with Gasteiger partial charge in [0.2, 0.25) is 0 Å². The molecule has 0 aliphatic carbocycles. The van der Waals surface area contributed by atoms with Crippen LogP contribution in [0.25, 0.3) is 33.4 Å². The molecule has 4 heterocycles. The second-order valence-corrected chi connectivity index (χ2v) is 18.2. The van der Waals surface area contributed by atoms with Crippen LogP contribution < -0.4 is 16.6 Å². The Labute approximate surface area is 261 Å². The van der Waals surface area contributed by atoms with Gasteiger partial charge in [-0.1, -0.05) is 37.8 Å². The first-order chi connectivity index (χ1) is 21.5. The first kappa shape index (κ1) is 30.2. The van der Waals surface area contributed by atoms with Crippen molar-refractivity contribution in [3.63, 3.8) is 0 Å². The van der Waals surface area contributed by atoms with Gasteiger partial charge >= 0.3 is 0 Å². The number of aromatic nitrogens is 6. The van der Waals surface area contributed by atoms with Crippen LogP contribution in [0.15, 0.2) is 78.1 Å². The predicted molar refractivity (Wildman–Crippen MR) is 179 cm³/mol. The number of aryl methyl sites for hydroxylation is 1. The van der Waals surface area contributed by atoms with Gasteiger partial charge in [0, 0.05) is 38.3 Å². The molecule has 10 nitrogen and oxygen atoms in total. The van der Waals surface area contributed by atoms with Crippen molar-refractivity contribution >= 4 is 36.1 Å². The van der Waals surface area contributed by atoms with E-state index in [1.165, 1.54) is 18.5 Å². The fourth-order valence-corrected chi connectivity index (χ4v) is 6.22. The first-order valence-corrected chi connectivity index (χ1v) is 18.6. The smallest absolute Gasteiger partial charge is 0.282 e. The average Bonchev–Trinajstić information content (AvgIpc) is 3.56. The maximum Gasteiger partial charge on any atom is 0.282 e. The molecular weight excluding hydrogens is 588 g/mol. The van der Waals surface area contributed by atoms with Gasteiger partial charge < -0.3 is 20.4 Å². The lowest BCUT2D eigenvalue weighted by atomic mass is 10.0. The van der Waals surface area contributed by atoms with Crippen LogP contribution in [-0.4, -0.2) is 43.4 Å². The van der Waals surface area contributed by atoms with Gasteiger partial charge in [0.15, 0.2) is 5.82 Å². The lowest BCUT2D eigenvalue weighted by Gasteiger charge is -2.20. The number of nitrogens with one attached hydrogen (secondary N) is 1. The van der Waals surface area contributed by atoms with Gasteiger partial charge in [0.1, 0.15) is 35.9 Å². The Morgan fingerprint density at radius 2 is 1.87 bits per heavy atom. The Morgan fingerprint density at radius 3 is 2.60 bits per heavy atom. The van der Waals surface area contributed by atoms with Crippen molar-refractivity contribution in [1.82, 2.24) is 28.7 Å². The minimum absolute atomic E-state index is 0.173. The maximum absolute atomic E-state index is 14.6. The van der Waals surface area contributed by atoms with E-state index in [1.807, 2.05) is 61.0 Å². The zero-order chi connectivity index (χ0) is 31.9. The zero-order valence-electron chi connectivity index (χ0n) is 26.1. The molecule has 1 atom stereocenters. The molecule has 0 bridgehead atoms. The Morgan fingerprint density at radius 1 is 1.09 bits per heavy atom. The van der Waals surface area contributed by atoms with E-state index in [0.717, 1.165) is 11.6 Å². The number of nitrogen functional groups attached to an aromatic ring is 1. The number of halogens is 1. The van der Waals surface area contributed by atoms with Crippen LogP contribution in [0.5, 0.6) is 0 Å². The van der Waals surface area contributed by atoms with Crippen molar-refractivity contribution in [3.05, 3.63) is 101 Å². The second kappa shape index (κ2) is 11.9. The number of ether oxygens (including phenoxy) is 1. The van der Waals surface area contributed by atoms with E-state index in [9.17, 15) is 9.18 Å². The summed E-state index contributed by atoms with van der Waals surface area (Å²) in [6.07, 6.45) is 5.16. The second-order valence-electron chi connectivity index (χ2n) is 12.5. The summed E-state index contributed by atoms with van der Waals surface area (Å²) in [4.78, 5) is 23.1. The predicted octanol–water partition coefficient (Wildman–Crippen LogP) is 6.41. The number of anilines is 2. The van der Waals surface area contributed by atoms with E-state index in [2.05, 4.69) is 34.9 Å². The summed E-state index contributed by atoms with van der Waals surface area (Å²) >= 11 is 0. The Bertz CT molecular complexity index is 2040. The summed E-state index contributed by atoms with van der Waals surface area (Å²) in [5, 5.41) is 9.04. The SMILES string of the molecule is Cc1ccn2nc([C@H](C)Nc3ncnc4c3c(-c3cc(N)cc(F)c3)cn4COCC[Si](C)(C)C)n(-c3ccccc3)c(=O)c12. The molecule has 0 amide bonds. The monoisotopic (exact) mass is 624 g/mol. The summed E-state index contributed by atoms with van der Waals surface area (Å²) in [5.41, 5.74) is 10.2. The summed E-state index contributed by atoms with van der Waals surface area (Å²) in [6, 6.07) is 16.3. The molecule has 0 spiro atoms. The minimum atomic E-state index is -1.28. The van der Waals surface area contributed by atoms with Crippen LogP contribution in [-0.2, 0) is 11.5 Å². The Hall–Kier alpha value is -4.81. The largest absolute Gasteiger partial charge is 0.399 e. The van der Waals surface area contributed by atoms with Crippen LogP contribution in [0.2, 0.25) is 25.7 Å². The first-order valence-electron chi connectivity index (χ1n) is 14.9. The molecule has 3 N–H and O–H groups in total. The number of rotatable bonds is 10. The summed E-state index contributed by atoms with van der Waals surface area (Å²) < 4.78 is 25.8. The molecule has 6 aromatic rings. The minimum Gasteiger partial charge on any atom is -0.399 e. The fourth-order valence-electron chi connectivity index (χ4n) is 5.47. The van der Waals surface area contributed by atoms with Crippen molar-refractivity contribution in [2.75, 3.05) is 17.7 Å². The Kier molecular flexibility index (Phi) is 8.02. The quantitative estimate of drug-likeness (QED) is 0.103. The molecular formula is C33H37FN8O2Si. The number of nitrogens with zero attached hydrogens (tertiary/aromatic N) is 6. The number of fused-ring (bicyclic) bond motifs is 2. The zero-order valence-corrected chi connectivity index (χ0v) is 27.1. The normalized spacial score (nSPS) is 12.7. The standard InChI is InChI=1S/C33H37FN8O2Si/c1-21-11-12-41-29(21)33(43)42(26-9-7-6-8-10-26)31(39-41)22(2)38-30-28-27(23-15-24(34)17-25(35)16-23)18-40(32(28)37-19-36-30)20-44-13-14-45(3,4)5/h6-12,15-19,22H,13-14,20,35H2,1-5H3,(H,36,37,38)/t22-/m0/s1. The summed E-state index contributed by atoms with van der Waals surface area (Å²) in [6.45, 7) is 11.6. The average molecular weight is 625 g/mol. The number of benzene rings is 2. The Balaban J connectivity index is 1.46. The van der Waals surface area contributed by atoms with Crippen molar-refractivity contribution in [3.8, 4) is 16.8 Å². The van der Waals surface area contributed by atoms with E-state index in [4.69, 9.17) is 15.6 Å². The van der Waals surface area contributed by atoms with Crippen molar-refractivity contribution in [2.45, 2.75) is 52.3 Å². The molecule has 2 aromatic carbocycles. The van der Waals surface area contributed by atoms with Gasteiger partial charge in [-0.2, -0.15) is 5.10 Å². The lowest BCUT2D eigenvalue weighted by molar-refractivity contribution is 0.0899. The van der Waals surface area contributed by atoms with Crippen molar-refractivity contribution in [2.24, 2.45) is 0 Å². The number of hydrogen-bond acceptors (Lipinski definition) is 7. The molecule has 0 unspecified atom stereocenters. The maximum atomic E-state index is 14.6. The molecule has 0 saturated heterocycles. The highest BCUT2D eigenvalue weighted by Gasteiger charge is 2.23. The molecule has 45 heavy (non-hydrogen) atoms. The molecule has 12 heteroatoms. The number of para-hydroxylation sites is 1. The van der Waals surface area contributed by atoms with Gasteiger partial charge in [-0.05, 0) is 67.4 Å². The van der Waals surface area contributed by atoms with Gasteiger partial charge in [0.05, 0.1) is 17.1 Å². The molecule has 0 saturated carbocycles. The van der Waals surface area contributed by atoms with Crippen LogP contribution in [0, 0.1) is 12.7 Å². The summed E-state index contributed by atoms with van der Waals surface area (Å²) in [5.74, 6) is 0.555. The molecule has 6 rings (SSSR count). The van der Waals surface area contributed by atoms with Gasteiger partial charge in [-0.3, -0.25) is 9.36 Å².